The molecular weight excluding hydrogens is 562 g/mol. The summed E-state index contributed by atoms with van der Waals surface area (Å²) in [6.07, 6.45) is -2.31. The molecule has 230 valence electrons. The molecule has 3 aromatic rings. The van der Waals surface area contributed by atoms with Gasteiger partial charge in [0.15, 0.2) is 11.6 Å². The van der Waals surface area contributed by atoms with Crippen molar-refractivity contribution >= 4 is 11.6 Å². The molecule has 0 bridgehead atoms. The van der Waals surface area contributed by atoms with Crippen LogP contribution >= 0.6 is 0 Å². The van der Waals surface area contributed by atoms with Crippen molar-refractivity contribution in [2.24, 2.45) is 0 Å². The molecular formula is C33H37F4N3O3. The van der Waals surface area contributed by atoms with Gasteiger partial charge >= 0.3 is 6.18 Å². The molecule has 2 saturated heterocycles. The van der Waals surface area contributed by atoms with E-state index in [0.29, 0.717) is 31.6 Å². The monoisotopic (exact) mass is 599 g/mol. The zero-order chi connectivity index (χ0) is 30.6. The minimum Gasteiger partial charge on any atom is -0.487 e. The Hall–Kier alpha value is -3.63. The van der Waals surface area contributed by atoms with Gasteiger partial charge in [0, 0.05) is 62.9 Å². The van der Waals surface area contributed by atoms with Crippen molar-refractivity contribution in [2.45, 2.75) is 63.6 Å². The van der Waals surface area contributed by atoms with Crippen molar-refractivity contribution in [1.82, 2.24) is 10.2 Å². The third-order valence-electron chi connectivity index (χ3n) is 8.28. The molecule has 2 N–H and O–H groups in total. The van der Waals surface area contributed by atoms with E-state index < -0.39 is 23.7 Å². The lowest BCUT2D eigenvalue weighted by Gasteiger charge is -2.34. The molecule has 0 aromatic heterocycles. The first-order chi connectivity index (χ1) is 20.5. The van der Waals surface area contributed by atoms with Crippen molar-refractivity contribution in [2.75, 3.05) is 31.1 Å². The number of hydrogen-bond acceptors (Lipinski definition) is 5. The molecule has 1 unspecified atom stereocenters. The van der Waals surface area contributed by atoms with Crippen molar-refractivity contribution in [3.8, 4) is 5.75 Å². The van der Waals surface area contributed by atoms with Gasteiger partial charge in [-0.2, -0.15) is 13.2 Å². The van der Waals surface area contributed by atoms with Crippen LogP contribution in [0.2, 0.25) is 0 Å². The summed E-state index contributed by atoms with van der Waals surface area (Å²) in [6.45, 7) is 5.37. The first kappa shape index (κ1) is 30.8. The fraction of sp³-hybridized carbons (Fsp3) is 0.424. The highest BCUT2D eigenvalue weighted by Crippen LogP contribution is 2.32. The zero-order valence-corrected chi connectivity index (χ0v) is 24.1. The molecule has 2 fully saturated rings. The number of amides is 1. The Bertz CT molecular complexity index is 1360. The third-order valence-corrected chi connectivity index (χ3v) is 8.28. The van der Waals surface area contributed by atoms with E-state index in [-0.39, 0.29) is 29.4 Å². The summed E-state index contributed by atoms with van der Waals surface area (Å²) in [6, 6.07) is 17.3. The van der Waals surface area contributed by atoms with Gasteiger partial charge in [0.2, 0.25) is 0 Å². The normalized spacial score (nSPS) is 18.0. The summed E-state index contributed by atoms with van der Waals surface area (Å²) in [7, 11) is 0. The van der Waals surface area contributed by atoms with E-state index in [1.165, 1.54) is 29.8 Å². The van der Waals surface area contributed by atoms with Crippen LogP contribution in [0.25, 0.3) is 0 Å². The summed E-state index contributed by atoms with van der Waals surface area (Å²) in [4.78, 5) is 17.2. The van der Waals surface area contributed by atoms with E-state index in [4.69, 9.17) is 4.74 Å². The van der Waals surface area contributed by atoms with Gasteiger partial charge in [-0.05, 0) is 73.4 Å². The molecule has 0 spiro atoms. The lowest BCUT2D eigenvalue weighted by Crippen LogP contribution is -2.44. The lowest BCUT2D eigenvalue weighted by molar-refractivity contribution is -0.137. The van der Waals surface area contributed by atoms with Gasteiger partial charge in [0.25, 0.3) is 5.91 Å². The van der Waals surface area contributed by atoms with Gasteiger partial charge in [-0.15, -0.1) is 0 Å². The van der Waals surface area contributed by atoms with Crippen molar-refractivity contribution in [3.63, 3.8) is 0 Å². The van der Waals surface area contributed by atoms with Crippen LogP contribution in [0.1, 0.15) is 65.8 Å². The Morgan fingerprint density at radius 1 is 0.953 bits per heavy atom. The molecule has 10 heteroatoms. The summed E-state index contributed by atoms with van der Waals surface area (Å²) >= 11 is 0. The molecule has 6 nitrogen and oxygen atoms in total. The highest BCUT2D eigenvalue weighted by Gasteiger charge is 2.30. The lowest BCUT2D eigenvalue weighted by atomic mass is 10.0. The van der Waals surface area contributed by atoms with Gasteiger partial charge in [0.05, 0.1) is 11.7 Å². The second kappa shape index (κ2) is 13.3. The van der Waals surface area contributed by atoms with Crippen LogP contribution < -0.4 is 15.0 Å². The molecule has 5 rings (SSSR count). The van der Waals surface area contributed by atoms with Crippen molar-refractivity contribution in [3.05, 3.63) is 94.8 Å². The van der Waals surface area contributed by atoms with Crippen LogP contribution in [0.3, 0.4) is 0 Å². The average Bonchev–Trinajstić information content (AvgIpc) is 2.99. The molecule has 0 saturated carbocycles. The number of aliphatic hydroxyl groups excluding tert-OH is 1. The fourth-order valence-corrected chi connectivity index (χ4v) is 5.67. The van der Waals surface area contributed by atoms with E-state index in [0.717, 1.165) is 50.2 Å². The molecule has 43 heavy (non-hydrogen) atoms. The van der Waals surface area contributed by atoms with Gasteiger partial charge < -0.3 is 20.1 Å². The fourth-order valence-electron chi connectivity index (χ4n) is 5.67. The van der Waals surface area contributed by atoms with Crippen LogP contribution in [0.4, 0.5) is 23.2 Å². The number of carbonyl (C=O) groups excluding carboxylic acids is 1. The molecule has 3 aromatic carbocycles. The number of rotatable bonds is 8. The number of aliphatic hydroxyl groups is 1. The number of nitrogens with one attached hydrogen (secondary N) is 1. The highest BCUT2D eigenvalue weighted by atomic mass is 19.4. The van der Waals surface area contributed by atoms with Crippen LogP contribution in [-0.2, 0) is 12.7 Å². The van der Waals surface area contributed by atoms with Gasteiger partial charge in [-0.25, -0.2) is 4.39 Å². The topological polar surface area (TPSA) is 65.0 Å². The number of piperidine rings is 2. The first-order valence-electron chi connectivity index (χ1n) is 14.7. The SMILES string of the molecule is CC(O)c1ccc(CN2CCC(NC(=O)c3ccc(OC4CCN(c5ccc(C(F)(F)F)cc5)CC4)c(F)c3)CC2)cc1. The number of benzene rings is 3. The third kappa shape index (κ3) is 8.06. The Kier molecular flexibility index (Phi) is 9.56. The van der Waals surface area contributed by atoms with Crippen LogP contribution in [0, 0.1) is 5.82 Å². The van der Waals surface area contributed by atoms with E-state index in [1.54, 1.807) is 13.0 Å². The van der Waals surface area contributed by atoms with Gasteiger partial charge in [-0.3, -0.25) is 9.69 Å². The summed E-state index contributed by atoms with van der Waals surface area (Å²) in [5, 5.41) is 12.7. The van der Waals surface area contributed by atoms with Crippen LogP contribution in [0.15, 0.2) is 66.7 Å². The van der Waals surface area contributed by atoms with Crippen LogP contribution in [0.5, 0.6) is 5.75 Å². The quantitative estimate of drug-likeness (QED) is 0.296. The Balaban J connectivity index is 1.06. The zero-order valence-electron chi connectivity index (χ0n) is 24.1. The molecule has 0 aliphatic carbocycles. The maximum atomic E-state index is 14.9. The number of alkyl halides is 3. The second-order valence-corrected chi connectivity index (χ2v) is 11.4. The number of carbonyl (C=O) groups is 1. The Morgan fingerprint density at radius 3 is 2.19 bits per heavy atom. The number of ether oxygens (including phenoxy) is 1. The second-order valence-electron chi connectivity index (χ2n) is 11.4. The van der Waals surface area contributed by atoms with Crippen molar-refractivity contribution < 1.29 is 32.2 Å². The van der Waals surface area contributed by atoms with E-state index in [2.05, 4.69) is 10.2 Å². The Labute approximate surface area is 249 Å². The van der Waals surface area contributed by atoms with E-state index in [1.807, 2.05) is 29.2 Å². The average molecular weight is 600 g/mol. The maximum Gasteiger partial charge on any atom is 0.416 e. The molecule has 2 heterocycles. The van der Waals surface area contributed by atoms with E-state index >= 15 is 0 Å². The molecule has 2 aliphatic rings. The number of nitrogens with zero attached hydrogens (tertiary/aromatic N) is 2. The number of halogens is 4. The first-order valence-corrected chi connectivity index (χ1v) is 14.7. The maximum absolute atomic E-state index is 14.9. The number of hydrogen-bond donors (Lipinski definition) is 2. The predicted octanol–water partition coefficient (Wildman–Crippen LogP) is 6.34. The molecule has 1 atom stereocenters. The summed E-state index contributed by atoms with van der Waals surface area (Å²) < 4.78 is 59.3. The number of anilines is 1. The predicted molar refractivity (Wildman–Crippen MR) is 157 cm³/mol. The van der Waals surface area contributed by atoms with Crippen LogP contribution in [-0.4, -0.2) is 54.2 Å². The molecule has 0 radical (unpaired) electrons. The van der Waals surface area contributed by atoms with Crippen molar-refractivity contribution in [1.29, 1.82) is 0 Å². The minimum absolute atomic E-state index is 0.00945. The minimum atomic E-state index is -4.37. The Morgan fingerprint density at radius 2 is 1.60 bits per heavy atom. The van der Waals surface area contributed by atoms with Gasteiger partial charge in [0.1, 0.15) is 6.10 Å². The largest absolute Gasteiger partial charge is 0.487 e. The smallest absolute Gasteiger partial charge is 0.416 e. The van der Waals surface area contributed by atoms with Gasteiger partial charge in [-0.1, -0.05) is 24.3 Å². The van der Waals surface area contributed by atoms with E-state index in [9.17, 15) is 27.5 Å². The molecule has 2 aliphatic heterocycles. The summed E-state index contributed by atoms with van der Waals surface area (Å²) in [5.41, 5.74) is 2.33. The number of likely N-dealkylation sites (tertiary alicyclic amines) is 1. The standard InChI is InChI=1S/C33H37F4N3O3/c1-22(41)24-4-2-23(3-5-24)21-39-16-12-27(13-17-39)38-32(42)25-6-11-31(30(34)20-25)43-29-14-18-40(19-15-29)28-9-7-26(8-10-28)33(35,36)37/h2-11,20,22,27,29,41H,12-19,21H2,1H3,(H,38,42). The highest BCUT2D eigenvalue weighted by molar-refractivity contribution is 5.94. The molecule has 1 amide bonds. The summed E-state index contributed by atoms with van der Waals surface area (Å²) in [5.74, 6) is -0.837.